The predicted octanol–water partition coefficient (Wildman–Crippen LogP) is 3.21. The van der Waals surface area contributed by atoms with E-state index in [2.05, 4.69) is 41.9 Å². The normalized spacial score (nSPS) is 20.5. The van der Waals surface area contributed by atoms with E-state index in [0.29, 0.717) is 0 Å². The summed E-state index contributed by atoms with van der Waals surface area (Å²) in [5, 5.41) is 0. The molecule has 108 valence electrons. The number of anilines is 1. The van der Waals surface area contributed by atoms with Gasteiger partial charge in [0.25, 0.3) is 0 Å². The fourth-order valence-corrected chi connectivity index (χ4v) is 3.18. The molecule has 0 bridgehead atoms. The van der Waals surface area contributed by atoms with Gasteiger partial charge in [0, 0.05) is 25.2 Å². The van der Waals surface area contributed by atoms with Crippen molar-refractivity contribution in [1.29, 1.82) is 0 Å². The quantitative estimate of drug-likeness (QED) is 0.822. The highest BCUT2D eigenvalue weighted by molar-refractivity contribution is 5.77. The summed E-state index contributed by atoms with van der Waals surface area (Å²) in [5.41, 5.74) is 4.43. The van der Waals surface area contributed by atoms with E-state index < -0.39 is 0 Å². The Labute approximate surface area is 121 Å². The van der Waals surface area contributed by atoms with Crippen molar-refractivity contribution in [1.82, 2.24) is 0 Å². The molecule has 0 N–H and O–H groups in total. The van der Waals surface area contributed by atoms with Crippen LogP contribution in [0.25, 0.3) is 0 Å². The van der Waals surface area contributed by atoms with Crippen molar-refractivity contribution in [3.8, 4) is 0 Å². The second kappa shape index (κ2) is 5.86. The van der Waals surface area contributed by atoms with Crippen LogP contribution in [0.3, 0.4) is 0 Å². The first kappa shape index (κ1) is 13.5. The van der Waals surface area contributed by atoms with Crippen LogP contribution < -0.4 is 4.90 Å². The zero-order chi connectivity index (χ0) is 13.9. The number of aliphatic imine (C=N–C) groups is 1. The number of fused-ring (bicyclic) bond motifs is 1. The summed E-state index contributed by atoms with van der Waals surface area (Å²) >= 11 is 0. The molecule has 0 aromatic heterocycles. The lowest BCUT2D eigenvalue weighted by Gasteiger charge is -2.25. The number of ether oxygens (including phenoxy) is 1. The summed E-state index contributed by atoms with van der Waals surface area (Å²) in [6, 6.07) is 7.25. The lowest BCUT2D eigenvalue weighted by molar-refractivity contribution is 0.311. The molecule has 0 spiro atoms. The minimum Gasteiger partial charge on any atom is -0.479 e. The molecule has 1 unspecified atom stereocenters. The van der Waals surface area contributed by atoms with E-state index in [9.17, 15) is 0 Å². The van der Waals surface area contributed by atoms with Crippen LogP contribution in [-0.4, -0.2) is 31.6 Å². The molecule has 0 saturated carbocycles. The van der Waals surface area contributed by atoms with E-state index in [1.807, 2.05) is 0 Å². The first-order valence-corrected chi connectivity index (χ1v) is 7.86. The average Bonchev–Trinajstić information content (AvgIpc) is 3.12. The summed E-state index contributed by atoms with van der Waals surface area (Å²) in [5.74, 6) is 0.917. The Morgan fingerprint density at radius 2 is 2.10 bits per heavy atom. The Hall–Kier alpha value is -1.51. The second-order valence-electron chi connectivity index (χ2n) is 5.69. The molecule has 0 fully saturated rings. The van der Waals surface area contributed by atoms with Crippen LogP contribution in [0.2, 0.25) is 0 Å². The third-order valence-electron chi connectivity index (χ3n) is 4.33. The Morgan fingerprint density at radius 3 is 2.85 bits per heavy atom. The Bertz CT molecular complexity index is 510. The summed E-state index contributed by atoms with van der Waals surface area (Å²) in [6.07, 6.45) is 4.71. The Balaban J connectivity index is 1.72. The molecule has 1 aliphatic heterocycles. The monoisotopic (exact) mass is 272 g/mol. The van der Waals surface area contributed by atoms with Gasteiger partial charge in [-0.3, -0.25) is 0 Å². The molecule has 3 heteroatoms. The smallest absolute Gasteiger partial charge is 0.183 e. The molecule has 1 heterocycles. The summed E-state index contributed by atoms with van der Waals surface area (Å²) in [7, 11) is 0. The molecular formula is C17H24N2O. The zero-order valence-corrected chi connectivity index (χ0v) is 12.6. The van der Waals surface area contributed by atoms with E-state index >= 15 is 0 Å². The van der Waals surface area contributed by atoms with Crippen molar-refractivity contribution in [3.63, 3.8) is 0 Å². The van der Waals surface area contributed by atoms with Crippen LogP contribution in [0.1, 0.15) is 37.8 Å². The summed E-state index contributed by atoms with van der Waals surface area (Å²) in [6.45, 7) is 7.03. The minimum atomic E-state index is 0.290. The molecule has 0 amide bonds. The molecule has 2 aliphatic rings. The molecule has 3 rings (SSSR count). The summed E-state index contributed by atoms with van der Waals surface area (Å²) in [4.78, 5) is 7.07. The van der Waals surface area contributed by atoms with Gasteiger partial charge in [-0.15, -0.1) is 0 Å². The third kappa shape index (κ3) is 2.67. The number of rotatable bonds is 5. The maximum absolute atomic E-state index is 5.59. The predicted molar refractivity (Wildman–Crippen MR) is 83.8 cm³/mol. The van der Waals surface area contributed by atoms with Crippen LogP contribution in [0.5, 0.6) is 0 Å². The first-order valence-electron chi connectivity index (χ1n) is 7.86. The van der Waals surface area contributed by atoms with Gasteiger partial charge in [0.15, 0.2) is 5.90 Å². The van der Waals surface area contributed by atoms with E-state index in [-0.39, 0.29) is 6.04 Å². The average molecular weight is 272 g/mol. The molecule has 0 saturated heterocycles. The van der Waals surface area contributed by atoms with Gasteiger partial charge in [0.2, 0.25) is 0 Å². The fraction of sp³-hybridized carbons (Fsp3) is 0.588. The lowest BCUT2D eigenvalue weighted by Crippen LogP contribution is -2.32. The van der Waals surface area contributed by atoms with E-state index in [4.69, 9.17) is 4.74 Å². The molecular weight excluding hydrogens is 248 g/mol. The SMILES string of the molecule is CCC1=NC(CN(CC)c2ccc3c(c2)CCC3)CO1. The number of benzene rings is 1. The van der Waals surface area contributed by atoms with E-state index in [1.165, 1.54) is 24.9 Å². The fourth-order valence-electron chi connectivity index (χ4n) is 3.18. The molecule has 1 aromatic rings. The molecule has 1 atom stereocenters. The highest BCUT2D eigenvalue weighted by Gasteiger charge is 2.21. The van der Waals surface area contributed by atoms with E-state index in [1.54, 1.807) is 11.1 Å². The zero-order valence-electron chi connectivity index (χ0n) is 12.6. The van der Waals surface area contributed by atoms with Crippen molar-refractivity contribution < 1.29 is 4.74 Å². The van der Waals surface area contributed by atoms with Gasteiger partial charge in [-0.25, -0.2) is 4.99 Å². The van der Waals surface area contributed by atoms with Gasteiger partial charge in [0.05, 0.1) is 0 Å². The van der Waals surface area contributed by atoms with Gasteiger partial charge >= 0.3 is 0 Å². The standard InChI is InChI=1S/C17H24N2O/c1-3-17-18-15(12-20-17)11-19(4-2)16-9-8-13-6-5-7-14(13)10-16/h8-10,15H,3-7,11-12H2,1-2H3. The topological polar surface area (TPSA) is 24.8 Å². The number of hydrogen-bond donors (Lipinski definition) is 0. The van der Waals surface area contributed by atoms with Crippen molar-refractivity contribution in [3.05, 3.63) is 29.3 Å². The van der Waals surface area contributed by atoms with Gasteiger partial charge < -0.3 is 9.64 Å². The maximum Gasteiger partial charge on any atom is 0.183 e. The molecule has 1 aliphatic carbocycles. The van der Waals surface area contributed by atoms with Crippen LogP contribution in [0, 0.1) is 0 Å². The van der Waals surface area contributed by atoms with Crippen molar-refractivity contribution >= 4 is 11.6 Å². The molecule has 1 aromatic carbocycles. The summed E-state index contributed by atoms with van der Waals surface area (Å²) < 4.78 is 5.59. The van der Waals surface area contributed by atoms with Crippen molar-refractivity contribution in [2.75, 3.05) is 24.6 Å². The second-order valence-corrected chi connectivity index (χ2v) is 5.69. The minimum absolute atomic E-state index is 0.290. The third-order valence-corrected chi connectivity index (χ3v) is 4.33. The lowest BCUT2D eigenvalue weighted by atomic mass is 10.1. The highest BCUT2D eigenvalue weighted by atomic mass is 16.5. The van der Waals surface area contributed by atoms with Crippen LogP contribution in [0.4, 0.5) is 5.69 Å². The van der Waals surface area contributed by atoms with Crippen molar-refractivity contribution in [2.45, 2.75) is 45.6 Å². The largest absolute Gasteiger partial charge is 0.479 e. The number of nitrogens with zero attached hydrogens (tertiary/aromatic N) is 2. The Morgan fingerprint density at radius 1 is 1.25 bits per heavy atom. The molecule has 3 nitrogen and oxygen atoms in total. The van der Waals surface area contributed by atoms with Gasteiger partial charge in [-0.05, 0) is 49.4 Å². The Kier molecular flexibility index (Phi) is 3.95. The van der Waals surface area contributed by atoms with Crippen molar-refractivity contribution in [2.24, 2.45) is 4.99 Å². The number of aryl methyl sites for hydroxylation is 2. The maximum atomic E-state index is 5.59. The number of hydrogen-bond acceptors (Lipinski definition) is 3. The van der Waals surface area contributed by atoms with Crippen LogP contribution in [-0.2, 0) is 17.6 Å². The van der Waals surface area contributed by atoms with Crippen LogP contribution >= 0.6 is 0 Å². The first-order chi connectivity index (χ1) is 9.80. The van der Waals surface area contributed by atoms with E-state index in [0.717, 1.165) is 32.0 Å². The molecule has 0 radical (unpaired) electrons. The van der Waals surface area contributed by atoms with Gasteiger partial charge in [-0.1, -0.05) is 13.0 Å². The highest BCUT2D eigenvalue weighted by Crippen LogP contribution is 2.27. The molecule has 20 heavy (non-hydrogen) atoms. The van der Waals surface area contributed by atoms with Gasteiger partial charge in [0.1, 0.15) is 12.6 Å². The van der Waals surface area contributed by atoms with Crippen LogP contribution in [0.15, 0.2) is 23.2 Å². The number of likely N-dealkylation sites (N-methyl/N-ethyl adjacent to an activating group) is 1. The van der Waals surface area contributed by atoms with Gasteiger partial charge in [-0.2, -0.15) is 0 Å².